The van der Waals surface area contributed by atoms with Gasteiger partial charge in [0.25, 0.3) is 0 Å². The van der Waals surface area contributed by atoms with Crippen LogP contribution in [0.3, 0.4) is 0 Å². The van der Waals surface area contributed by atoms with E-state index in [0.717, 1.165) is 19.4 Å². The van der Waals surface area contributed by atoms with Crippen LogP contribution in [0.4, 0.5) is 0 Å². The van der Waals surface area contributed by atoms with Gasteiger partial charge in [0.15, 0.2) is 0 Å². The van der Waals surface area contributed by atoms with E-state index in [1.165, 1.54) is 0 Å². The number of oxime groups is 1. The number of aliphatic hydroxyl groups is 1. The molecule has 1 saturated carbocycles. The summed E-state index contributed by atoms with van der Waals surface area (Å²) < 4.78 is 0. The van der Waals surface area contributed by atoms with Crippen molar-refractivity contribution < 1.29 is 10.3 Å². The van der Waals surface area contributed by atoms with Crippen molar-refractivity contribution in [1.82, 2.24) is 5.32 Å². The highest BCUT2D eigenvalue weighted by atomic mass is 16.4. The number of nitrogens with two attached hydrogens (primary N) is 1. The summed E-state index contributed by atoms with van der Waals surface area (Å²) in [4.78, 5) is 0. The molecule has 0 heterocycles. The number of rotatable bonds is 6. The van der Waals surface area contributed by atoms with Gasteiger partial charge in [-0.1, -0.05) is 5.16 Å². The minimum Gasteiger partial charge on any atom is -0.409 e. The highest BCUT2D eigenvalue weighted by molar-refractivity contribution is 5.80. The van der Waals surface area contributed by atoms with Crippen LogP contribution in [-0.4, -0.2) is 35.3 Å². The van der Waals surface area contributed by atoms with Crippen LogP contribution in [0, 0.1) is 5.41 Å². The maximum atomic E-state index is 8.83. The lowest BCUT2D eigenvalue weighted by atomic mass is 10.0. The Morgan fingerprint density at radius 2 is 2.29 bits per heavy atom. The second-order valence-electron chi connectivity index (χ2n) is 4.23. The van der Waals surface area contributed by atoms with Gasteiger partial charge in [-0.3, -0.25) is 0 Å². The first-order chi connectivity index (χ1) is 6.62. The fourth-order valence-corrected chi connectivity index (χ4v) is 1.47. The van der Waals surface area contributed by atoms with Gasteiger partial charge >= 0.3 is 0 Å². The van der Waals surface area contributed by atoms with Crippen molar-refractivity contribution in [3.63, 3.8) is 0 Å². The first-order valence-corrected chi connectivity index (χ1v) is 4.92. The van der Waals surface area contributed by atoms with Gasteiger partial charge in [-0.05, 0) is 25.2 Å². The molecule has 0 aromatic heterocycles. The molecule has 1 fully saturated rings. The van der Waals surface area contributed by atoms with Gasteiger partial charge in [-0.25, -0.2) is 0 Å². The lowest BCUT2D eigenvalue weighted by Crippen LogP contribution is -2.36. The van der Waals surface area contributed by atoms with E-state index >= 15 is 0 Å². The number of hydrogen-bond acceptors (Lipinski definition) is 4. The van der Waals surface area contributed by atoms with E-state index in [2.05, 4.69) is 10.5 Å². The molecule has 0 aromatic rings. The highest BCUT2D eigenvalue weighted by Crippen LogP contribution is 2.48. The predicted octanol–water partition coefficient (Wildman–Crippen LogP) is -0.126. The van der Waals surface area contributed by atoms with E-state index in [9.17, 15) is 0 Å². The maximum Gasteiger partial charge on any atom is 0.139 e. The first-order valence-electron chi connectivity index (χ1n) is 4.92. The summed E-state index contributed by atoms with van der Waals surface area (Å²) in [6.45, 7) is 2.89. The molecular weight excluding hydrogens is 182 g/mol. The third-order valence-corrected chi connectivity index (χ3v) is 2.74. The molecule has 1 atom stereocenters. The Kier molecular flexibility index (Phi) is 3.71. The predicted molar refractivity (Wildman–Crippen MR) is 54.2 cm³/mol. The van der Waals surface area contributed by atoms with E-state index in [1.54, 1.807) is 0 Å². The van der Waals surface area contributed by atoms with Crippen LogP contribution in [0.2, 0.25) is 0 Å². The molecule has 0 aromatic carbocycles. The molecule has 14 heavy (non-hydrogen) atoms. The fourth-order valence-electron chi connectivity index (χ4n) is 1.47. The molecule has 0 aliphatic heterocycles. The first kappa shape index (κ1) is 11.3. The lowest BCUT2D eigenvalue weighted by molar-refractivity contribution is 0.244. The van der Waals surface area contributed by atoms with E-state index in [-0.39, 0.29) is 18.1 Å². The summed E-state index contributed by atoms with van der Waals surface area (Å²) in [6, 6.07) is 0.111. The summed E-state index contributed by atoms with van der Waals surface area (Å²) in [6.07, 6.45) is 2.84. The van der Waals surface area contributed by atoms with Crippen molar-refractivity contribution in [2.75, 3.05) is 13.2 Å². The smallest absolute Gasteiger partial charge is 0.139 e. The Balaban J connectivity index is 2.29. The zero-order chi connectivity index (χ0) is 10.6. The third kappa shape index (κ3) is 3.16. The zero-order valence-corrected chi connectivity index (χ0v) is 8.53. The average Bonchev–Trinajstić information content (AvgIpc) is 2.94. The van der Waals surface area contributed by atoms with E-state index in [1.807, 2.05) is 6.92 Å². The van der Waals surface area contributed by atoms with Crippen LogP contribution >= 0.6 is 0 Å². The molecule has 5 nitrogen and oxygen atoms in total. The van der Waals surface area contributed by atoms with Gasteiger partial charge in [0.1, 0.15) is 5.84 Å². The SMILES string of the molecule is CC(CO)NCC1(CC(N)=NO)CC1. The number of nitrogens with one attached hydrogen (secondary N) is 1. The average molecular weight is 201 g/mol. The summed E-state index contributed by atoms with van der Waals surface area (Å²) in [5.74, 6) is 0.293. The van der Waals surface area contributed by atoms with Gasteiger partial charge in [0.2, 0.25) is 0 Å². The lowest BCUT2D eigenvalue weighted by Gasteiger charge is -2.18. The van der Waals surface area contributed by atoms with Crippen LogP contribution in [0.25, 0.3) is 0 Å². The molecule has 82 valence electrons. The fraction of sp³-hybridized carbons (Fsp3) is 0.889. The van der Waals surface area contributed by atoms with Crippen molar-refractivity contribution >= 4 is 5.84 Å². The molecule has 0 amide bonds. The zero-order valence-electron chi connectivity index (χ0n) is 8.53. The summed E-state index contributed by atoms with van der Waals surface area (Å²) in [5, 5.41) is 23.5. The minimum absolute atomic E-state index is 0.111. The van der Waals surface area contributed by atoms with E-state index in [4.69, 9.17) is 16.0 Å². The van der Waals surface area contributed by atoms with Crippen molar-refractivity contribution in [2.24, 2.45) is 16.3 Å². The molecule has 1 aliphatic carbocycles. The standard InChI is InChI=1S/C9H19N3O2/c1-7(5-13)11-6-9(2-3-9)4-8(10)12-14/h7,11,13-14H,2-6H2,1H3,(H2,10,12). The van der Waals surface area contributed by atoms with Gasteiger partial charge in [0, 0.05) is 19.0 Å². The summed E-state index contributed by atoms with van der Waals surface area (Å²) >= 11 is 0. The number of amidine groups is 1. The summed E-state index contributed by atoms with van der Waals surface area (Å²) in [7, 11) is 0. The Morgan fingerprint density at radius 1 is 1.64 bits per heavy atom. The highest BCUT2D eigenvalue weighted by Gasteiger charge is 2.43. The van der Waals surface area contributed by atoms with Crippen molar-refractivity contribution in [3.05, 3.63) is 0 Å². The van der Waals surface area contributed by atoms with Crippen molar-refractivity contribution in [3.8, 4) is 0 Å². The maximum absolute atomic E-state index is 8.83. The molecular formula is C9H19N3O2. The van der Waals surface area contributed by atoms with Crippen molar-refractivity contribution in [2.45, 2.75) is 32.2 Å². The molecule has 5 heteroatoms. The van der Waals surface area contributed by atoms with Crippen LogP contribution in [0.5, 0.6) is 0 Å². The number of nitrogens with zero attached hydrogens (tertiary/aromatic N) is 1. The van der Waals surface area contributed by atoms with Crippen molar-refractivity contribution in [1.29, 1.82) is 0 Å². The monoisotopic (exact) mass is 201 g/mol. The second-order valence-corrected chi connectivity index (χ2v) is 4.23. The Labute approximate surface area is 84.0 Å². The second kappa shape index (κ2) is 4.61. The molecule has 0 bridgehead atoms. The Morgan fingerprint density at radius 3 is 2.71 bits per heavy atom. The molecule has 1 rings (SSSR count). The molecule has 0 spiro atoms. The third-order valence-electron chi connectivity index (χ3n) is 2.74. The van der Waals surface area contributed by atoms with Crippen LogP contribution in [0.1, 0.15) is 26.2 Å². The largest absolute Gasteiger partial charge is 0.409 e. The van der Waals surface area contributed by atoms with Gasteiger partial charge in [0.05, 0.1) is 6.61 Å². The van der Waals surface area contributed by atoms with E-state index < -0.39 is 0 Å². The Hall–Kier alpha value is -0.810. The van der Waals surface area contributed by atoms with Gasteiger partial charge < -0.3 is 21.4 Å². The number of aliphatic hydroxyl groups excluding tert-OH is 1. The summed E-state index contributed by atoms with van der Waals surface area (Å²) in [5.41, 5.74) is 5.63. The van der Waals surface area contributed by atoms with Gasteiger partial charge in [-0.2, -0.15) is 0 Å². The number of hydrogen-bond donors (Lipinski definition) is 4. The molecule has 0 saturated heterocycles. The molecule has 5 N–H and O–H groups in total. The minimum atomic E-state index is 0.111. The van der Waals surface area contributed by atoms with Crippen LogP contribution in [-0.2, 0) is 0 Å². The molecule has 1 aliphatic rings. The van der Waals surface area contributed by atoms with Gasteiger partial charge in [-0.15, -0.1) is 0 Å². The topological polar surface area (TPSA) is 90.9 Å². The molecule has 1 unspecified atom stereocenters. The van der Waals surface area contributed by atoms with Crippen LogP contribution in [0.15, 0.2) is 5.16 Å². The Bertz CT molecular complexity index is 214. The quantitative estimate of drug-likeness (QED) is 0.208. The van der Waals surface area contributed by atoms with E-state index in [0.29, 0.717) is 12.3 Å². The molecule has 0 radical (unpaired) electrons. The normalized spacial score (nSPS) is 22.0. The van der Waals surface area contributed by atoms with Crippen LogP contribution < -0.4 is 11.1 Å².